The van der Waals surface area contributed by atoms with Crippen LogP contribution in [0.15, 0.2) is 121 Å². The van der Waals surface area contributed by atoms with Gasteiger partial charge in [0.05, 0.1) is 6.57 Å². The van der Waals surface area contributed by atoms with Crippen molar-refractivity contribution in [3.63, 3.8) is 0 Å². The van der Waals surface area contributed by atoms with Crippen molar-refractivity contribution in [1.82, 2.24) is 15.0 Å². The average molecular weight is 527 g/mol. The molecule has 0 bridgehead atoms. The summed E-state index contributed by atoms with van der Waals surface area (Å²) in [5, 5.41) is 0. The van der Waals surface area contributed by atoms with E-state index < -0.39 is 0 Å². The van der Waals surface area contributed by atoms with Crippen molar-refractivity contribution >= 4 is 5.69 Å². The van der Waals surface area contributed by atoms with Crippen molar-refractivity contribution in [3.05, 3.63) is 144 Å². The SMILES string of the molecule is [C-]#[N+]c1cccc2c1-c1ccc(-c3ccc(-c4nc(-c5ccccc5)nc(-c5ccccc5)n4)cc3)cc1C2(C)C. The lowest BCUT2D eigenvalue weighted by molar-refractivity contribution is 0.661. The summed E-state index contributed by atoms with van der Waals surface area (Å²) in [4.78, 5) is 18.3. The number of nitrogens with zero attached hydrogens (tertiary/aromatic N) is 4. The van der Waals surface area contributed by atoms with Crippen molar-refractivity contribution in [1.29, 1.82) is 0 Å². The Balaban J connectivity index is 1.28. The quantitative estimate of drug-likeness (QED) is 0.215. The summed E-state index contributed by atoms with van der Waals surface area (Å²) in [6.07, 6.45) is 0. The molecule has 0 atom stereocenters. The molecule has 1 aliphatic rings. The van der Waals surface area contributed by atoms with Crippen LogP contribution in [0.2, 0.25) is 0 Å². The minimum absolute atomic E-state index is 0.173. The van der Waals surface area contributed by atoms with E-state index in [9.17, 15) is 0 Å². The molecule has 0 amide bonds. The Morgan fingerprint density at radius 3 is 1.59 bits per heavy atom. The summed E-state index contributed by atoms with van der Waals surface area (Å²) >= 11 is 0. The van der Waals surface area contributed by atoms with Crippen molar-refractivity contribution < 1.29 is 0 Å². The zero-order valence-electron chi connectivity index (χ0n) is 22.8. The summed E-state index contributed by atoms with van der Waals surface area (Å²) in [5.74, 6) is 1.94. The molecular formula is C37H26N4. The molecule has 1 heterocycles. The zero-order valence-corrected chi connectivity index (χ0v) is 22.8. The summed E-state index contributed by atoms with van der Waals surface area (Å²) in [6.45, 7) is 12.2. The van der Waals surface area contributed by atoms with E-state index in [4.69, 9.17) is 21.5 Å². The van der Waals surface area contributed by atoms with Crippen LogP contribution in [0.25, 0.3) is 61.3 Å². The second-order valence-electron chi connectivity index (χ2n) is 10.8. The highest BCUT2D eigenvalue weighted by atomic mass is 15.0. The Bertz CT molecular complexity index is 1890. The van der Waals surface area contributed by atoms with Crippen molar-refractivity contribution in [2.75, 3.05) is 0 Å². The number of benzene rings is 5. The van der Waals surface area contributed by atoms with Gasteiger partial charge in [-0.3, -0.25) is 0 Å². The van der Waals surface area contributed by atoms with Crippen molar-refractivity contribution in [3.8, 4) is 56.4 Å². The van der Waals surface area contributed by atoms with Crippen LogP contribution < -0.4 is 0 Å². The maximum absolute atomic E-state index is 7.69. The number of hydrogen-bond acceptors (Lipinski definition) is 3. The molecule has 1 aromatic heterocycles. The predicted molar refractivity (Wildman–Crippen MR) is 165 cm³/mol. The van der Waals surface area contributed by atoms with E-state index >= 15 is 0 Å². The van der Waals surface area contributed by atoms with E-state index in [0.717, 1.165) is 38.9 Å². The Morgan fingerprint density at radius 1 is 0.512 bits per heavy atom. The molecule has 41 heavy (non-hydrogen) atoms. The summed E-state index contributed by atoms with van der Waals surface area (Å²) in [5.41, 5.74) is 10.3. The lowest BCUT2D eigenvalue weighted by atomic mass is 9.81. The molecule has 0 N–H and O–H groups in total. The van der Waals surface area contributed by atoms with Gasteiger partial charge >= 0.3 is 0 Å². The van der Waals surface area contributed by atoms with E-state index in [1.54, 1.807) is 0 Å². The highest BCUT2D eigenvalue weighted by Crippen LogP contribution is 2.52. The molecule has 0 saturated carbocycles. The number of hydrogen-bond donors (Lipinski definition) is 0. The number of fused-ring (bicyclic) bond motifs is 3. The van der Waals surface area contributed by atoms with Gasteiger partial charge in [-0.2, -0.15) is 0 Å². The maximum Gasteiger partial charge on any atom is 0.195 e. The number of rotatable bonds is 4. The van der Waals surface area contributed by atoms with Crippen LogP contribution in [0.4, 0.5) is 5.69 Å². The first-order chi connectivity index (χ1) is 20.0. The third kappa shape index (κ3) is 4.20. The molecule has 0 saturated heterocycles. The van der Waals surface area contributed by atoms with Gasteiger partial charge in [0.2, 0.25) is 0 Å². The second kappa shape index (κ2) is 9.66. The third-order valence-corrected chi connectivity index (χ3v) is 7.97. The van der Waals surface area contributed by atoms with E-state index in [1.165, 1.54) is 11.1 Å². The van der Waals surface area contributed by atoms with E-state index in [1.807, 2.05) is 72.8 Å². The monoisotopic (exact) mass is 526 g/mol. The first kappa shape index (κ1) is 24.6. The van der Waals surface area contributed by atoms with Gasteiger partial charge in [0, 0.05) is 22.1 Å². The second-order valence-corrected chi connectivity index (χ2v) is 10.8. The average Bonchev–Trinajstić information content (AvgIpc) is 3.27. The Labute approximate surface area is 239 Å². The van der Waals surface area contributed by atoms with Gasteiger partial charge in [0.1, 0.15) is 0 Å². The topological polar surface area (TPSA) is 43.0 Å². The zero-order chi connectivity index (χ0) is 28.0. The molecule has 0 aliphatic heterocycles. The van der Waals surface area contributed by atoms with E-state index in [2.05, 4.69) is 67.2 Å². The van der Waals surface area contributed by atoms with Gasteiger partial charge < -0.3 is 0 Å². The summed E-state index contributed by atoms with van der Waals surface area (Å²) < 4.78 is 0. The summed E-state index contributed by atoms with van der Waals surface area (Å²) in [7, 11) is 0. The van der Waals surface area contributed by atoms with Gasteiger partial charge in [0.25, 0.3) is 0 Å². The van der Waals surface area contributed by atoms with Crippen LogP contribution >= 0.6 is 0 Å². The van der Waals surface area contributed by atoms with Crippen LogP contribution in [0, 0.1) is 6.57 Å². The van der Waals surface area contributed by atoms with Gasteiger partial charge in [-0.05, 0) is 39.4 Å². The predicted octanol–water partition coefficient (Wildman–Crippen LogP) is 9.40. The fourth-order valence-electron chi connectivity index (χ4n) is 5.79. The lowest BCUT2D eigenvalue weighted by Crippen LogP contribution is -2.14. The van der Waals surface area contributed by atoms with Gasteiger partial charge in [-0.25, -0.2) is 19.8 Å². The maximum atomic E-state index is 7.69. The molecule has 7 rings (SSSR count). The largest absolute Gasteiger partial charge is 0.238 e. The summed E-state index contributed by atoms with van der Waals surface area (Å²) in [6, 6.07) is 41.1. The third-order valence-electron chi connectivity index (χ3n) is 7.97. The Kier molecular flexibility index (Phi) is 5.80. The molecule has 5 aromatic carbocycles. The normalized spacial score (nSPS) is 12.8. The smallest absolute Gasteiger partial charge is 0.195 e. The Hall–Kier alpha value is -5.40. The van der Waals surface area contributed by atoms with Gasteiger partial charge in [-0.1, -0.05) is 129 Å². The van der Waals surface area contributed by atoms with Crippen LogP contribution in [0.5, 0.6) is 0 Å². The standard InChI is InChI=1S/C37H26N4/c1-37(2)30-15-10-16-32(38-3)33(30)29-22-21-28(23-31(29)37)24-17-19-27(20-18-24)36-40-34(25-11-6-4-7-12-25)39-35(41-36)26-13-8-5-9-14-26/h4-23H,1-2H3. The van der Waals surface area contributed by atoms with Crippen LogP contribution in [-0.4, -0.2) is 15.0 Å². The molecule has 1 aliphatic carbocycles. The molecule has 4 nitrogen and oxygen atoms in total. The minimum atomic E-state index is -0.173. The lowest BCUT2D eigenvalue weighted by Gasteiger charge is -2.22. The van der Waals surface area contributed by atoms with E-state index in [-0.39, 0.29) is 5.41 Å². The van der Waals surface area contributed by atoms with Gasteiger partial charge in [-0.15, -0.1) is 0 Å². The Morgan fingerprint density at radius 2 is 1.02 bits per heavy atom. The van der Waals surface area contributed by atoms with E-state index in [0.29, 0.717) is 23.2 Å². The van der Waals surface area contributed by atoms with Crippen LogP contribution in [0.3, 0.4) is 0 Å². The highest BCUT2D eigenvalue weighted by Gasteiger charge is 2.36. The van der Waals surface area contributed by atoms with Crippen molar-refractivity contribution in [2.24, 2.45) is 0 Å². The highest BCUT2D eigenvalue weighted by molar-refractivity contribution is 5.91. The first-order valence-electron chi connectivity index (χ1n) is 13.7. The van der Waals surface area contributed by atoms with Crippen LogP contribution in [0.1, 0.15) is 25.0 Å². The molecular weight excluding hydrogens is 500 g/mol. The first-order valence-corrected chi connectivity index (χ1v) is 13.7. The molecule has 6 aromatic rings. The molecule has 0 fully saturated rings. The molecule has 194 valence electrons. The molecule has 0 radical (unpaired) electrons. The molecule has 0 unspecified atom stereocenters. The minimum Gasteiger partial charge on any atom is -0.238 e. The van der Waals surface area contributed by atoms with Crippen molar-refractivity contribution in [2.45, 2.75) is 19.3 Å². The van der Waals surface area contributed by atoms with Gasteiger partial charge in [0.15, 0.2) is 23.2 Å². The van der Waals surface area contributed by atoms with Crippen LogP contribution in [-0.2, 0) is 5.41 Å². The molecule has 0 spiro atoms. The molecule has 4 heteroatoms. The fraction of sp³-hybridized carbons (Fsp3) is 0.0811. The number of aromatic nitrogens is 3. The fourth-order valence-corrected chi connectivity index (χ4v) is 5.79.